The molecule has 0 amide bonds. The van der Waals surface area contributed by atoms with E-state index in [-0.39, 0.29) is 0 Å². The van der Waals surface area contributed by atoms with Gasteiger partial charge in [0.15, 0.2) is 0 Å². The van der Waals surface area contributed by atoms with E-state index in [4.69, 9.17) is 16.8 Å². The van der Waals surface area contributed by atoms with E-state index in [9.17, 15) is 0 Å². The summed E-state index contributed by atoms with van der Waals surface area (Å²) in [4.78, 5) is 0. The van der Waals surface area contributed by atoms with Crippen molar-refractivity contribution in [1.29, 1.82) is 0 Å². The standard InChI is InChI=1S/C8H9BrClNO/c1-11(12)5-6-4-7(9)2-3-8(6)10/h2-4,12H,5H2,1H3. The fourth-order valence-corrected chi connectivity index (χ4v) is 1.50. The molecule has 4 heteroatoms. The van der Waals surface area contributed by atoms with Gasteiger partial charge in [0.1, 0.15) is 0 Å². The molecular formula is C8H9BrClNO. The molecule has 1 N–H and O–H groups in total. The minimum atomic E-state index is 0.429. The van der Waals surface area contributed by atoms with Gasteiger partial charge in [0.2, 0.25) is 0 Å². The maximum absolute atomic E-state index is 8.98. The van der Waals surface area contributed by atoms with E-state index in [1.165, 1.54) is 0 Å². The number of rotatable bonds is 2. The van der Waals surface area contributed by atoms with Crippen LogP contribution in [0.5, 0.6) is 0 Å². The van der Waals surface area contributed by atoms with Gasteiger partial charge in [-0.25, -0.2) is 0 Å². The number of benzene rings is 1. The number of halogens is 2. The summed E-state index contributed by atoms with van der Waals surface area (Å²) in [6, 6.07) is 5.54. The Hall–Kier alpha value is -0.0900. The maximum atomic E-state index is 8.98. The first-order valence-corrected chi connectivity index (χ1v) is 4.60. The highest BCUT2D eigenvalue weighted by Gasteiger charge is 2.02. The summed E-state index contributed by atoms with van der Waals surface area (Å²) in [5, 5.41) is 10.7. The molecule has 0 saturated carbocycles. The van der Waals surface area contributed by atoms with Crippen molar-refractivity contribution in [1.82, 2.24) is 5.06 Å². The van der Waals surface area contributed by atoms with Crippen LogP contribution in [-0.2, 0) is 6.54 Å². The Morgan fingerprint density at radius 1 is 1.58 bits per heavy atom. The molecule has 0 aliphatic rings. The normalized spacial score (nSPS) is 10.8. The minimum absolute atomic E-state index is 0.429. The highest BCUT2D eigenvalue weighted by atomic mass is 79.9. The lowest BCUT2D eigenvalue weighted by molar-refractivity contribution is -0.0731. The number of hydrogen-bond acceptors (Lipinski definition) is 2. The molecule has 0 aliphatic heterocycles. The summed E-state index contributed by atoms with van der Waals surface area (Å²) < 4.78 is 0.962. The van der Waals surface area contributed by atoms with Crippen LogP contribution in [0.25, 0.3) is 0 Å². The Bertz CT molecular complexity index is 278. The summed E-state index contributed by atoms with van der Waals surface area (Å²) in [5.74, 6) is 0. The molecule has 0 saturated heterocycles. The predicted molar refractivity (Wildman–Crippen MR) is 52.4 cm³/mol. The fourth-order valence-electron chi connectivity index (χ4n) is 0.911. The first-order valence-electron chi connectivity index (χ1n) is 3.43. The molecular weight excluding hydrogens is 241 g/mol. The Labute approximate surface area is 84.8 Å². The first kappa shape index (κ1) is 9.99. The third-order valence-electron chi connectivity index (χ3n) is 1.41. The Morgan fingerprint density at radius 3 is 2.83 bits per heavy atom. The second kappa shape index (κ2) is 4.23. The third-order valence-corrected chi connectivity index (χ3v) is 2.27. The fraction of sp³-hybridized carbons (Fsp3) is 0.250. The lowest BCUT2D eigenvalue weighted by atomic mass is 10.2. The van der Waals surface area contributed by atoms with Crippen LogP contribution >= 0.6 is 27.5 Å². The largest absolute Gasteiger partial charge is 0.314 e. The molecule has 0 spiro atoms. The molecule has 0 heterocycles. The van der Waals surface area contributed by atoms with E-state index >= 15 is 0 Å². The average molecular weight is 251 g/mol. The van der Waals surface area contributed by atoms with Crippen molar-refractivity contribution < 1.29 is 5.21 Å². The molecule has 1 rings (SSSR count). The molecule has 0 aliphatic carbocycles. The second-order valence-corrected chi connectivity index (χ2v) is 3.87. The van der Waals surface area contributed by atoms with Gasteiger partial charge in [-0.05, 0) is 23.8 Å². The lowest BCUT2D eigenvalue weighted by Crippen LogP contribution is -2.11. The van der Waals surface area contributed by atoms with E-state index in [1.807, 2.05) is 12.1 Å². The van der Waals surface area contributed by atoms with Gasteiger partial charge in [-0.3, -0.25) is 0 Å². The van der Waals surface area contributed by atoms with Crippen LogP contribution in [0.1, 0.15) is 5.56 Å². The first-order chi connectivity index (χ1) is 5.59. The quantitative estimate of drug-likeness (QED) is 0.816. The lowest BCUT2D eigenvalue weighted by Gasteiger charge is -2.09. The summed E-state index contributed by atoms with van der Waals surface area (Å²) >= 11 is 9.21. The van der Waals surface area contributed by atoms with E-state index in [0.29, 0.717) is 11.6 Å². The van der Waals surface area contributed by atoms with Crippen molar-refractivity contribution in [2.75, 3.05) is 7.05 Å². The van der Waals surface area contributed by atoms with Crippen molar-refractivity contribution in [2.45, 2.75) is 6.54 Å². The molecule has 0 unspecified atom stereocenters. The molecule has 2 nitrogen and oxygen atoms in total. The number of nitrogens with zero attached hydrogens (tertiary/aromatic N) is 1. The summed E-state index contributed by atoms with van der Waals surface area (Å²) in [6.45, 7) is 0.429. The zero-order valence-electron chi connectivity index (χ0n) is 6.59. The summed E-state index contributed by atoms with van der Waals surface area (Å²) in [7, 11) is 1.58. The molecule has 0 bridgehead atoms. The van der Waals surface area contributed by atoms with Gasteiger partial charge in [-0.1, -0.05) is 27.5 Å². The van der Waals surface area contributed by atoms with Crippen molar-refractivity contribution in [3.05, 3.63) is 33.3 Å². The molecule has 12 heavy (non-hydrogen) atoms. The SMILES string of the molecule is CN(O)Cc1cc(Br)ccc1Cl. The molecule has 1 aromatic carbocycles. The van der Waals surface area contributed by atoms with Crippen molar-refractivity contribution >= 4 is 27.5 Å². The highest BCUT2D eigenvalue weighted by Crippen LogP contribution is 2.21. The Kier molecular flexibility index (Phi) is 3.53. The van der Waals surface area contributed by atoms with E-state index in [0.717, 1.165) is 15.1 Å². The van der Waals surface area contributed by atoms with Crippen LogP contribution in [-0.4, -0.2) is 17.3 Å². The predicted octanol–water partition coefficient (Wildman–Crippen LogP) is 2.92. The molecule has 0 radical (unpaired) electrons. The van der Waals surface area contributed by atoms with Crippen LogP contribution in [0, 0.1) is 0 Å². The van der Waals surface area contributed by atoms with Gasteiger partial charge in [0, 0.05) is 16.5 Å². The topological polar surface area (TPSA) is 23.5 Å². The van der Waals surface area contributed by atoms with Crippen molar-refractivity contribution in [2.24, 2.45) is 0 Å². The Morgan fingerprint density at radius 2 is 2.25 bits per heavy atom. The van der Waals surface area contributed by atoms with Gasteiger partial charge >= 0.3 is 0 Å². The zero-order chi connectivity index (χ0) is 9.14. The smallest absolute Gasteiger partial charge is 0.0500 e. The zero-order valence-corrected chi connectivity index (χ0v) is 8.93. The van der Waals surface area contributed by atoms with Gasteiger partial charge < -0.3 is 5.21 Å². The van der Waals surface area contributed by atoms with Crippen molar-refractivity contribution in [3.63, 3.8) is 0 Å². The van der Waals surface area contributed by atoms with Gasteiger partial charge in [0.25, 0.3) is 0 Å². The van der Waals surface area contributed by atoms with Crippen LogP contribution in [0.3, 0.4) is 0 Å². The monoisotopic (exact) mass is 249 g/mol. The number of hydroxylamine groups is 2. The molecule has 0 atom stereocenters. The van der Waals surface area contributed by atoms with E-state index < -0.39 is 0 Å². The van der Waals surface area contributed by atoms with E-state index in [2.05, 4.69) is 15.9 Å². The summed E-state index contributed by atoms with van der Waals surface area (Å²) in [5.41, 5.74) is 0.899. The van der Waals surface area contributed by atoms with Gasteiger partial charge in [-0.2, -0.15) is 5.06 Å². The molecule has 0 fully saturated rings. The number of hydrogen-bond donors (Lipinski definition) is 1. The van der Waals surface area contributed by atoms with Crippen LogP contribution < -0.4 is 0 Å². The third kappa shape index (κ3) is 2.75. The van der Waals surface area contributed by atoms with Crippen LogP contribution in [0.15, 0.2) is 22.7 Å². The molecule has 66 valence electrons. The van der Waals surface area contributed by atoms with Crippen LogP contribution in [0.4, 0.5) is 0 Å². The maximum Gasteiger partial charge on any atom is 0.0500 e. The minimum Gasteiger partial charge on any atom is -0.314 e. The molecule has 0 aromatic heterocycles. The van der Waals surface area contributed by atoms with Gasteiger partial charge in [0.05, 0.1) is 6.54 Å². The Balaban J connectivity index is 2.90. The highest BCUT2D eigenvalue weighted by molar-refractivity contribution is 9.10. The summed E-state index contributed by atoms with van der Waals surface area (Å²) in [6.07, 6.45) is 0. The average Bonchev–Trinajstić information content (AvgIpc) is 1.96. The van der Waals surface area contributed by atoms with Crippen LogP contribution in [0.2, 0.25) is 5.02 Å². The van der Waals surface area contributed by atoms with Gasteiger partial charge in [-0.15, -0.1) is 0 Å². The van der Waals surface area contributed by atoms with Crippen molar-refractivity contribution in [3.8, 4) is 0 Å². The molecule has 1 aromatic rings. The van der Waals surface area contributed by atoms with E-state index in [1.54, 1.807) is 13.1 Å². The second-order valence-electron chi connectivity index (χ2n) is 2.55.